The van der Waals surface area contributed by atoms with Gasteiger partial charge in [-0.25, -0.2) is 0 Å². The first-order chi connectivity index (χ1) is 3.83. The van der Waals surface area contributed by atoms with Crippen molar-refractivity contribution in [2.45, 2.75) is 6.92 Å². The third kappa shape index (κ3) is 0.804. The van der Waals surface area contributed by atoms with Crippen molar-refractivity contribution < 1.29 is 9.15 Å². The summed E-state index contributed by atoms with van der Waals surface area (Å²) >= 11 is 0. The Morgan fingerprint density at radius 1 is 1.75 bits per heavy atom. The van der Waals surface area contributed by atoms with Crippen LogP contribution in [0.15, 0.2) is 4.42 Å². The van der Waals surface area contributed by atoms with Gasteiger partial charge >= 0.3 is 6.08 Å². The lowest BCUT2D eigenvalue weighted by Gasteiger charge is -1.83. The van der Waals surface area contributed by atoms with Crippen molar-refractivity contribution >= 4 is 0 Å². The van der Waals surface area contributed by atoms with E-state index in [1.807, 2.05) is 0 Å². The first-order valence-electron chi connectivity index (χ1n) is 2.22. The number of aromatic nitrogens is 1. The van der Waals surface area contributed by atoms with Crippen molar-refractivity contribution in [2.75, 3.05) is 7.11 Å². The highest BCUT2D eigenvalue weighted by molar-refractivity contribution is 4.94. The monoisotopic (exact) mass is 112 g/mol. The molecule has 43 valence electrons. The summed E-state index contributed by atoms with van der Waals surface area (Å²) in [5.41, 5.74) is 0.710. The first-order valence-corrected chi connectivity index (χ1v) is 2.22. The van der Waals surface area contributed by atoms with Gasteiger partial charge in [0.2, 0.25) is 0 Å². The highest BCUT2D eigenvalue weighted by atomic mass is 16.6. The van der Waals surface area contributed by atoms with Crippen LogP contribution >= 0.6 is 0 Å². The van der Waals surface area contributed by atoms with Crippen LogP contribution in [0.4, 0.5) is 0 Å². The number of oxazole rings is 1. The van der Waals surface area contributed by atoms with Gasteiger partial charge in [0, 0.05) is 0 Å². The van der Waals surface area contributed by atoms with Crippen LogP contribution < -0.4 is 4.74 Å². The number of methoxy groups -OCH3 is 1. The fraction of sp³-hybridized carbons (Fsp3) is 0.400. The standard InChI is InChI=1S/C5H6NO2/c1-4-3-8-5(6-4)7-2/h1-2H3. The molecule has 3 heteroatoms. The van der Waals surface area contributed by atoms with Crippen LogP contribution in [0.1, 0.15) is 5.69 Å². The molecule has 0 atom stereocenters. The Bertz CT molecular complexity index is 171. The van der Waals surface area contributed by atoms with Crippen LogP contribution in [0, 0.1) is 13.2 Å². The van der Waals surface area contributed by atoms with Crippen molar-refractivity contribution in [2.24, 2.45) is 0 Å². The van der Waals surface area contributed by atoms with Crippen LogP contribution in [0.25, 0.3) is 0 Å². The minimum absolute atomic E-state index is 0.266. The molecule has 3 nitrogen and oxygen atoms in total. The summed E-state index contributed by atoms with van der Waals surface area (Å²) in [6, 6.07) is 0. The second-order valence-electron chi connectivity index (χ2n) is 1.37. The molecule has 0 bridgehead atoms. The smallest absolute Gasteiger partial charge is 0.394 e. The lowest BCUT2D eigenvalue weighted by Crippen LogP contribution is -1.80. The number of hydrogen-bond donors (Lipinski definition) is 0. The Labute approximate surface area is 47.3 Å². The summed E-state index contributed by atoms with van der Waals surface area (Å²) in [5.74, 6) is 0. The molecular weight excluding hydrogens is 106 g/mol. The maximum atomic E-state index is 4.66. The molecule has 0 saturated carbocycles. The van der Waals surface area contributed by atoms with Gasteiger partial charge in [-0.05, 0) is 6.92 Å². The quantitative estimate of drug-likeness (QED) is 0.538. The van der Waals surface area contributed by atoms with E-state index in [4.69, 9.17) is 0 Å². The van der Waals surface area contributed by atoms with Gasteiger partial charge in [0.1, 0.15) is 0 Å². The van der Waals surface area contributed by atoms with Gasteiger partial charge in [-0.2, -0.15) is 4.98 Å². The Morgan fingerprint density at radius 3 is 2.75 bits per heavy atom. The minimum Gasteiger partial charge on any atom is -0.453 e. The Hall–Kier alpha value is -0.990. The lowest BCUT2D eigenvalue weighted by molar-refractivity contribution is 0.288. The minimum atomic E-state index is 0.266. The average Bonchev–Trinajstić information content (AvgIpc) is 2.14. The fourth-order valence-corrected chi connectivity index (χ4v) is 0.387. The molecule has 0 unspecified atom stereocenters. The second kappa shape index (κ2) is 1.86. The Balaban J connectivity index is 2.84. The zero-order valence-electron chi connectivity index (χ0n) is 4.76. The topological polar surface area (TPSA) is 35.3 Å². The van der Waals surface area contributed by atoms with E-state index in [1.54, 1.807) is 6.92 Å². The predicted molar refractivity (Wildman–Crippen MR) is 26.6 cm³/mol. The maximum Gasteiger partial charge on any atom is 0.394 e. The fourth-order valence-electron chi connectivity index (χ4n) is 0.387. The van der Waals surface area contributed by atoms with Crippen LogP contribution in [-0.4, -0.2) is 12.1 Å². The number of hydrogen-bond acceptors (Lipinski definition) is 3. The molecule has 0 aliphatic carbocycles. The third-order valence-corrected chi connectivity index (χ3v) is 0.720. The second-order valence-corrected chi connectivity index (χ2v) is 1.37. The van der Waals surface area contributed by atoms with E-state index in [0.29, 0.717) is 5.69 Å². The summed E-state index contributed by atoms with van der Waals surface area (Å²) in [5, 5.41) is 0. The molecule has 0 saturated heterocycles. The molecule has 1 heterocycles. The van der Waals surface area contributed by atoms with E-state index in [1.165, 1.54) is 7.11 Å². The van der Waals surface area contributed by atoms with Crippen LogP contribution in [0.2, 0.25) is 0 Å². The summed E-state index contributed by atoms with van der Waals surface area (Å²) in [6.45, 7) is 1.78. The normalized spacial score (nSPS) is 9.25. The number of ether oxygens (including phenoxy) is 1. The van der Waals surface area contributed by atoms with Gasteiger partial charge in [0.15, 0.2) is 6.26 Å². The van der Waals surface area contributed by atoms with Crippen molar-refractivity contribution in [3.05, 3.63) is 12.0 Å². The van der Waals surface area contributed by atoms with Gasteiger partial charge in [-0.3, -0.25) is 0 Å². The number of aryl methyl sites for hydroxylation is 1. The molecule has 1 rings (SSSR count). The molecule has 0 spiro atoms. The first kappa shape index (κ1) is 5.15. The van der Waals surface area contributed by atoms with Gasteiger partial charge in [0.05, 0.1) is 12.8 Å². The molecule has 0 fully saturated rings. The molecule has 1 aromatic heterocycles. The SMILES string of the molecule is COc1nc(C)[c]o1. The maximum absolute atomic E-state index is 4.66. The summed E-state index contributed by atoms with van der Waals surface area (Å²) in [4.78, 5) is 3.78. The molecule has 1 radical (unpaired) electrons. The van der Waals surface area contributed by atoms with E-state index in [2.05, 4.69) is 20.4 Å². The Kier molecular flexibility index (Phi) is 1.20. The van der Waals surface area contributed by atoms with E-state index in [9.17, 15) is 0 Å². The molecule has 0 aliphatic heterocycles. The van der Waals surface area contributed by atoms with Crippen LogP contribution in [0.3, 0.4) is 0 Å². The predicted octanol–water partition coefficient (Wildman–Crippen LogP) is 0.792. The van der Waals surface area contributed by atoms with Gasteiger partial charge < -0.3 is 9.15 Å². The molecular formula is C5H6NO2. The van der Waals surface area contributed by atoms with Crippen molar-refractivity contribution in [1.29, 1.82) is 0 Å². The van der Waals surface area contributed by atoms with E-state index in [0.717, 1.165) is 0 Å². The summed E-state index contributed by atoms with van der Waals surface area (Å²) < 4.78 is 9.28. The number of nitrogens with zero attached hydrogens (tertiary/aromatic N) is 1. The molecule has 0 amide bonds. The lowest BCUT2D eigenvalue weighted by atomic mass is 10.6. The van der Waals surface area contributed by atoms with E-state index < -0.39 is 0 Å². The van der Waals surface area contributed by atoms with Gasteiger partial charge in [0.25, 0.3) is 0 Å². The highest BCUT2D eigenvalue weighted by Crippen LogP contribution is 2.05. The molecule has 0 aliphatic rings. The van der Waals surface area contributed by atoms with E-state index in [-0.39, 0.29) is 6.08 Å². The van der Waals surface area contributed by atoms with Gasteiger partial charge in [-0.1, -0.05) is 0 Å². The Morgan fingerprint density at radius 2 is 2.50 bits per heavy atom. The molecule has 8 heavy (non-hydrogen) atoms. The van der Waals surface area contributed by atoms with Gasteiger partial charge in [-0.15, -0.1) is 0 Å². The molecule has 1 aromatic rings. The van der Waals surface area contributed by atoms with Crippen molar-refractivity contribution in [3.8, 4) is 6.08 Å². The summed E-state index contributed by atoms with van der Waals surface area (Å²) in [6.07, 6.45) is 2.77. The number of rotatable bonds is 1. The average molecular weight is 112 g/mol. The van der Waals surface area contributed by atoms with E-state index >= 15 is 0 Å². The van der Waals surface area contributed by atoms with Crippen LogP contribution in [-0.2, 0) is 0 Å². The summed E-state index contributed by atoms with van der Waals surface area (Å²) in [7, 11) is 1.50. The third-order valence-electron chi connectivity index (χ3n) is 0.720. The van der Waals surface area contributed by atoms with Crippen molar-refractivity contribution in [3.63, 3.8) is 0 Å². The largest absolute Gasteiger partial charge is 0.453 e. The zero-order chi connectivity index (χ0) is 5.98. The van der Waals surface area contributed by atoms with Crippen LogP contribution in [0.5, 0.6) is 6.08 Å². The zero-order valence-corrected chi connectivity index (χ0v) is 4.76. The van der Waals surface area contributed by atoms with Crippen molar-refractivity contribution in [1.82, 2.24) is 4.98 Å². The molecule has 0 N–H and O–H groups in total. The highest BCUT2D eigenvalue weighted by Gasteiger charge is 1.96. The molecule has 0 aromatic carbocycles.